The Morgan fingerprint density at radius 1 is 0.968 bits per heavy atom. The van der Waals surface area contributed by atoms with Crippen molar-refractivity contribution in [3.63, 3.8) is 0 Å². The van der Waals surface area contributed by atoms with Crippen molar-refractivity contribution in [2.24, 2.45) is 0 Å². The Bertz CT molecular complexity index is 1190. The fourth-order valence-electron chi connectivity index (χ4n) is 2.66. The first kappa shape index (κ1) is 20.9. The summed E-state index contributed by atoms with van der Waals surface area (Å²) in [5, 5.41) is 13.4. The van der Waals surface area contributed by atoms with Crippen LogP contribution in [0, 0.1) is 5.82 Å². The van der Waals surface area contributed by atoms with E-state index in [-0.39, 0.29) is 5.02 Å². The Morgan fingerprint density at radius 2 is 1.68 bits per heavy atom. The summed E-state index contributed by atoms with van der Waals surface area (Å²) in [7, 11) is 0. The number of hydrogen-bond donors (Lipinski definition) is 2. The highest BCUT2D eigenvalue weighted by Crippen LogP contribution is 2.26. The maximum absolute atomic E-state index is 13.2. The van der Waals surface area contributed by atoms with E-state index < -0.39 is 11.8 Å². The van der Waals surface area contributed by atoms with Crippen LogP contribution in [0.5, 0.6) is 0 Å². The summed E-state index contributed by atoms with van der Waals surface area (Å²) in [6.45, 7) is 0. The Hall–Kier alpha value is -3.36. The number of amides is 2. The lowest BCUT2D eigenvalue weighted by Crippen LogP contribution is -2.19. The maximum atomic E-state index is 13.2. The number of anilines is 2. The van der Waals surface area contributed by atoms with Crippen molar-refractivity contribution in [2.45, 2.75) is 10.6 Å². The van der Waals surface area contributed by atoms with Crippen molar-refractivity contribution in [3.8, 4) is 11.5 Å². The van der Waals surface area contributed by atoms with Crippen LogP contribution >= 0.6 is 23.4 Å². The first-order chi connectivity index (χ1) is 15.1. The number of thioether (sulfide) groups is 1. The fourth-order valence-corrected chi connectivity index (χ4v) is 3.57. The lowest BCUT2D eigenvalue weighted by molar-refractivity contribution is 0.262. The highest BCUT2D eigenvalue weighted by atomic mass is 35.5. The van der Waals surface area contributed by atoms with Crippen molar-refractivity contribution in [1.82, 2.24) is 10.2 Å². The van der Waals surface area contributed by atoms with E-state index in [1.54, 1.807) is 23.9 Å². The normalized spacial score (nSPS) is 10.6. The van der Waals surface area contributed by atoms with Gasteiger partial charge in [0.05, 0.1) is 10.8 Å². The van der Waals surface area contributed by atoms with Gasteiger partial charge in [0.25, 0.3) is 0 Å². The minimum Gasteiger partial charge on any atom is -0.420 e. The average Bonchev–Trinajstić information content (AvgIpc) is 3.26. The van der Waals surface area contributed by atoms with Crippen molar-refractivity contribution in [1.29, 1.82) is 0 Å². The molecule has 0 spiro atoms. The third kappa shape index (κ3) is 5.62. The molecule has 3 aromatic carbocycles. The second-order valence-electron chi connectivity index (χ2n) is 6.39. The number of nitrogens with zero attached hydrogens (tertiary/aromatic N) is 2. The molecule has 1 heterocycles. The SMILES string of the molecule is O=C(Nc1ccc(SCc2nnc(-c3ccccc3)o2)cc1)Nc1ccc(F)c(Cl)c1. The predicted molar refractivity (Wildman–Crippen MR) is 120 cm³/mol. The van der Waals surface area contributed by atoms with Crippen molar-refractivity contribution >= 4 is 40.8 Å². The van der Waals surface area contributed by atoms with Gasteiger partial charge in [-0.1, -0.05) is 29.8 Å². The molecule has 9 heteroatoms. The van der Waals surface area contributed by atoms with Crippen LogP contribution in [0.2, 0.25) is 5.02 Å². The molecule has 6 nitrogen and oxygen atoms in total. The zero-order valence-corrected chi connectivity index (χ0v) is 17.6. The quantitative estimate of drug-likeness (QED) is 0.326. The van der Waals surface area contributed by atoms with Gasteiger partial charge >= 0.3 is 6.03 Å². The molecule has 0 saturated heterocycles. The highest BCUT2D eigenvalue weighted by Gasteiger charge is 2.09. The van der Waals surface area contributed by atoms with E-state index in [1.165, 1.54) is 18.2 Å². The third-order valence-corrected chi connectivity index (χ3v) is 5.43. The van der Waals surface area contributed by atoms with E-state index in [2.05, 4.69) is 20.8 Å². The minimum absolute atomic E-state index is 0.0590. The van der Waals surface area contributed by atoms with E-state index in [9.17, 15) is 9.18 Å². The first-order valence-corrected chi connectivity index (χ1v) is 10.6. The maximum Gasteiger partial charge on any atom is 0.323 e. The molecule has 0 aliphatic carbocycles. The number of aromatic nitrogens is 2. The molecule has 0 unspecified atom stereocenters. The van der Waals surface area contributed by atoms with E-state index >= 15 is 0 Å². The second kappa shape index (κ2) is 9.63. The van der Waals surface area contributed by atoms with Gasteiger partial charge in [0.2, 0.25) is 11.8 Å². The van der Waals surface area contributed by atoms with Gasteiger partial charge in [0, 0.05) is 21.8 Å². The van der Waals surface area contributed by atoms with Gasteiger partial charge in [0.15, 0.2) is 0 Å². The monoisotopic (exact) mass is 454 g/mol. The lowest BCUT2D eigenvalue weighted by Gasteiger charge is -2.08. The van der Waals surface area contributed by atoms with Crippen LogP contribution in [0.4, 0.5) is 20.6 Å². The van der Waals surface area contributed by atoms with E-state index in [1.807, 2.05) is 42.5 Å². The van der Waals surface area contributed by atoms with Gasteiger partial charge in [-0.2, -0.15) is 0 Å². The molecule has 0 saturated carbocycles. The van der Waals surface area contributed by atoms with Crippen molar-refractivity contribution in [2.75, 3.05) is 10.6 Å². The Labute approximate surface area is 186 Å². The summed E-state index contributed by atoms with van der Waals surface area (Å²) in [4.78, 5) is 13.1. The van der Waals surface area contributed by atoms with Crippen LogP contribution in [0.3, 0.4) is 0 Å². The fraction of sp³-hybridized carbons (Fsp3) is 0.0455. The summed E-state index contributed by atoms with van der Waals surface area (Å²) in [6, 6.07) is 20.4. The predicted octanol–water partition coefficient (Wildman–Crippen LogP) is 6.47. The molecule has 156 valence electrons. The molecule has 2 amide bonds. The number of benzene rings is 3. The van der Waals surface area contributed by atoms with Crippen molar-refractivity contribution in [3.05, 3.63) is 89.5 Å². The molecule has 0 aliphatic heterocycles. The van der Waals surface area contributed by atoms with Gasteiger partial charge in [-0.25, -0.2) is 9.18 Å². The Morgan fingerprint density at radius 3 is 2.42 bits per heavy atom. The Balaban J connectivity index is 1.29. The van der Waals surface area contributed by atoms with E-state index in [4.69, 9.17) is 16.0 Å². The topological polar surface area (TPSA) is 80.1 Å². The standard InChI is InChI=1S/C22H16ClFN4O2S/c23-18-12-16(8-11-19(18)24)26-22(29)25-15-6-9-17(10-7-15)31-13-20-27-28-21(30-20)14-4-2-1-3-5-14/h1-12H,13H2,(H2,25,26,29). The van der Waals surface area contributed by atoms with Crippen LogP contribution in [-0.4, -0.2) is 16.2 Å². The molecule has 1 aromatic heterocycles. The number of carbonyl (C=O) groups excluding carboxylic acids is 1. The van der Waals surface area contributed by atoms with Gasteiger partial charge in [0.1, 0.15) is 5.82 Å². The van der Waals surface area contributed by atoms with E-state index in [0.717, 1.165) is 10.5 Å². The first-order valence-electron chi connectivity index (χ1n) is 9.20. The molecular weight excluding hydrogens is 439 g/mol. The molecule has 0 atom stereocenters. The number of rotatable bonds is 6. The highest BCUT2D eigenvalue weighted by molar-refractivity contribution is 7.98. The molecule has 0 fully saturated rings. The summed E-state index contributed by atoms with van der Waals surface area (Å²) in [5.41, 5.74) is 1.88. The minimum atomic E-state index is -0.544. The number of carbonyl (C=O) groups is 1. The summed E-state index contributed by atoms with van der Waals surface area (Å²) in [6.07, 6.45) is 0. The molecular formula is C22H16ClFN4O2S. The van der Waals surface area contributed by atoms with Gasteiger partial charge in [-0.15, -0.1) is 22.0 Å². The van der Waals surface area contributed by atoms with E-state index in [0.29, 0.717) is 28.9 Å². The molecule has 0 bridgehead atoms. The van der Waals surface area contributed by atoms with Gasteiger partial charge in [-0.05, 0) is 54.6 Å². The van der Waals surface area contributed by atoms with Crippen LogP contribution < -0.4 is 10.6 Å². The smallest absolute Gasteiger partial charge is 0.323 e. The zero-order chi connectivity index (χ0) is 21.6. The third-order valence-electron chi connectivity index (χ3n) is 4.14. The molecule has 0 aliphatic rings. The van der Waals surface area contributed by atoms with Crippen LogP contribution in [-0.2, 0) is 5.75 Å². The molecule has 4 aromatic rings. The van der Waals surface area contributed by atoms with Crippen LogP contribution in [0.25, 0.3) is 11.5 Å². The van der Waals surface area contributed by atoms with Crippen LogP contribution in [0.1, 0.15) is 5.89 Å². The number of hydrogen-bond acceptors (Lipinski definition) is 5. The molecule has 4 rings (SSSR count). The molecule has 31 heavy (non-hydrogen) atoms. The zero-order valence-electron chi connectivity index (χ0n) is 16.0. The average molecular weight is 455 g/mol. The van der Waals surface area contributed by atoms with Gasteiger partial charge in [-0.3, -0.25) is 0 Å². The number of halogens is 2. The second-order valence-corrected chi connectivity index (χ2v) is 7.84. The van der Waals surface area contributed by atoms with Crippen LogP contribution in [0.15, 0.2) is 82.1 Å². The summed E-state index contributed by atoms with van der Waals surface area (Å²) >= 11 is 7.26. The molecule has 2 N–H and O–H groups in total. The summed E-state index contributed by atoms with van der Waals surface area (Å²) < 4.78 is 18.9. The summed E-state index contributed by atoms with van der Waals surface area (Å²) in [5.74, 6) is 1.00. The largest absolute Gasteiger partial charge is 0.420 e. The van der Waals surface area contributed by atoms with Crippen molar-refractivity contribution < 1.29 is 13.6 Å². The Kier molecular flexibility index (Phi) is 6.49. The lowest BCUT2D eigenvalue weighted by atomic mass is 10.2. The van der Waals surface area contributed by atoms with Gasteiger partial charge < -0.3 is 15.1 Å². The number of nitrogens with one attached hydrogen (secondary N) is 2. The number of urea groups is 1. The molecule has 0 radical (unpaired) electrons.